The summed E-state index contributed by atoms with van der Waals surface area (Å²) in [4.78, 5) is 0. The van der Waals surface area contributed by atoms with Gasteiger partial charge in [0, 0.05) is 38.8 Å². The summed E-state index contributed by atoms with van der Waals surface area (Å²) in [7, 11) is 2.18. The highest BCUT2D eigenvalue weighted by molar-refractivity contribution is 5.71. The topological polar surface area (TPSA) is 56.5 Å². The Morgan fingerprint density at radius 2 is 2.10 bits per heavy atom. The van der Waals surface area contributed by atoms with Crippen molar-refractivity contribution in [2.24, 2.45) is 5.92 Å². The molecule has 0 aromatic heterocycles. The molecule has 0 aliphatic carbocycles. The maximum Gasteiger partial charge on any atom is 0.202 e. The van der Waals surface area contributed by atoms with Gasteiger partial charge in [0.1, 0.15) is 5.69 Å². The van der Waals surface area contributed by atoms with E-state index in [2.05, 4.69) is 37.5 Å². The number of benzene rings is 1. The summed E-state index contributed by atoms with van der Waals surface area (Å²) in [6, 6.07) is 6.32. The molecule has 2 fully saturated rings. The Morgan fingerprint density at radius 3 is 2.67 bits per heavy atom. The van der Waals surface area contributed by atoms with Crippen LogP contribution in [0.4, 0.5) is 17.1 Å². The molecule has 3 rings (SSSR count). The molecule has 0 amide bonds. The lowest BCUT2D eigenvalue weighted by atomic mass is 10.0. The molecular formula is C16H26N3O2+. The standard InChI is InChI=1S/C16H26N3O2/c1-12-19(2,11-21-12)14-3-4-16(15(17)9-14)18-10-13-5-7-20-8-6-13/h3-4,9,12-13,18H,5-8,10-11,17H2,1-2H3/q+1. The molecule has 116 valence electrons. The molecule has 2 aliphatic rings. The van der Waals surface area contributed by atoms with E-state index in [4.69, 9.17) is 15.2 Å². The second kappa shape index (κ2) is 5.83. The van der Waals surface area contributed by atoms with Crippen LogP contribution in [-0.2, 0) is 9.47 Å². The van der Waals surface area contributed by atoms with Gasteiger partial charge in [-0.1, -0.05) is 0 Å². The van der Waals surface area contributed by atoms with Gasteiger partial charge in [-0.15, -0.1) is 0 Å². The third-order valence-corrected chi connectivity index (χ3v) is 4.93. The molecule has 2 aliphatic heterocycles. The Morgan fingerprint density at radius 1 is 1.33 bits per heavy atom. The monoisotopic (exact) mass is 292 g/mol. The van der Waals surface area contributed by atoms with E-state index in [9.17, 15) is 0 Å². The SMILES string of the molecule is CC1OC[N+]1(C)c1ccc(NCC2CCOCC2)c(N)c1. The normalized spacial score (nSPS) is 29.9. The molecule has 0 spiro atoms. The summed E-state index contributed by atoms with van der Waals surface area (Å²) in [6.45, 7) is 5.55. The third kappa shape index (κ3) is 2.86. The van der Waals surface area contributed by atoms with Crippen LogP contribution < -0.4 is 15.5 Å². The molecule has 3 N–H and O–H groups in total. The summed E-state index contributed by atoms with van der Waals surface area (Å²) in [5.74, 6) is 0.686. The first-order valence-electron chi connectivity index (χ1n) is 7.78. The van der Waals surface area contributed by atoms with Crippen molar-refractivity contribution in [3.8, 4) is 0 Å². The van der Waals surface area contributed by atoms with Gasteiger partial charge in [-0.3, -0.25) is 4.74 Å². The van der Waals surface area contributed by atoms with Crippen LogP contribution >= 0.6 is 0 Å². The Labute approximate surface area is 126 Å². The molecule has 2 saturated heterocycles. The number of nitrogen functional groups attached to an aromatic ring is 1. The summed E-state index contributed by atoms with van der Waals surface area (Å²) >= 11 is 0. The summed E-state index contributed by atoms with van der Waals surface area (Å²) in [6.07, 6.45) is 2.47. The molecule has 5 heteroatoms. The molecule has 2 heterocycles. The number of anilines is 2. The largest absolute Gasteiger partial charge is 0.397 e. The first-order chi connectivity index (χ1) is 10.1. The van der Waals surface area contributed by atoms with E-state index >= 15 is 0 Å². The molecule has 0 saturated carbocycles. The summed E-state index contributed by atoms with van der Waals surface area (Å²) < 4.78 is 11.7. The maximum absolute atomic E-state index is 6.22. The van der Waals surface area contributed by atoms with Crippen molar-refractivity contribution < 1.29 is 9.47 Å². The number of nitrogens with zero attached hydrogens (tertiary/aromatic N) is 1. The lowest BCUT2D eigenvalue weighted by Crippen LogP contribution is -2.64. The minimum absolute atomic E-state index is 0.199. The summed E-state index contributed by atoms with van der Waals surface area (Å²) in [5.41, 5.74) is 9.28. The van der Waals surface area contributed by atoms with Crippen molar-refractivity contribution in [1.82, 2.24) is 4.48 Å². The van der Waals surface area contributed by atoms with Crippen LogP contribution in [0.2, 0.25) is 0 Å². The van der Waals surface area contributed by atoms with E-state index in [1.807, 2.05) is 0 Å². The van der Waals surface area contributed by atoms with Gasteiger partial charge < -0.3 is 15.8 Å². The van der Waals surface area contributed by atoms with E-state index in [1.165, 1.54) is 5.69 Å². The van der Waals surface area contributed by atoms with Crippen molar-refractivity contribution in [3.05, 3.63) is 18.2 Å². The highest BCUT2D eigenvalue weighted by Crippen LogP contribution is 2.35. The van der Waals surface area contributed by atoms with Gasteiger partial charge in [0.05, 0.1) is 18.4 Å². The van der Waals surface area contributed by atoms with E-state index in [0.29, 0.717) is 5.92 Å². The lowest BCUT2D eigenvalue weighted by molar-refractivity contribution is -0.187. The first kappa shape index (κ1) is 14.6. The van der Waals surface area contributed by atoms with E-state index < -0.39 is 0 Å². The minimum Gasteiger partial charge on any atom is -0.397 e. The smallest absolute Gasteiger partial charge is 0.202 e. The van der Waals surface area contributed by atoms with Crippen molar-refractivity contribution in [3.63, 3.8) is 0 Å². The van der Waals surface area contributed by atoms with Gasteiger partial charge in [-0.05, 0) is 24.8 Å². The molecule has 2 atom stereocenters. The zero-order valence-corrected chi connectivity index (χ0v) is 13.0. The number of nitrogens with one attached hydrogen (secondary N) is 1. The molecule has 2 unspecified atom stereocenters. The van der Waals surface area contributed by atoms with Crippen LogP contribution in [0.25, 0.3) is 0 Å². The number of quaternary nitrogens is 1. The average molecular weight is 292 g/mol. The van der Waals surface area contributed by atoms with Crippen molar-refractivity contribution in [2.75, 3.05) is 44.6 Å². The van der Waals surface area contributed by atoms with Gasteiger partial charge in [0.2, 0.25) is 6.23 Å². The number of hydrogen-bond donors (Lipinski definition) is 2. The van der Waals surface area contributed by atoms with Crippen LogP contribution in [0, 0.1) is 5.92 Å². The van der Waals surface area contributed by atoms with Crippen molar-refractivity contribution >= 4 is 17.1 Å². The maximum atomic E-state index is 6.22. The fourth-order valence-electron chi connectivity index (χ4n) is 2.97. The van der Waals surface area contributed by atoms with Crippen LogP contribution in [-0.4, -0.2) is 39.8 Å². The molecule has 21 heavy (non-hydrogen) atoms. The zero-order chi connectivity index (χ0) is 14.9. The van der Waals surface area contributed by atoms with E-state index in [0.717, 1.165) is 55.2 Å². The Kier molecular flexibility index (Phi) is 4.06. The van der Waals surface area contributed by atoms with E-state index in [1.54, 1.807) is 0 Å². The summed E-state index contributed by atoms with van der Waals surface area (Å²) in [5, 5.41) is 3.49. The predicted octanol–water partition coefficient (Wildman–Crippen LogP) is 2.38. The molecular weight excluding hydrogens is 266 g/mol. The second-order valence-corrected chi connectivity index (χ2v) is 6.37. The van der Waals surface area contributed by atoms with Crippen molar-refractivity contribution in [1.29, 1.82) is 0 Å². The van der Waals surface area contributed by atoms with E-state index in [-0.39, 0.29) is 6.23 Å². The average Bonchev–Trinajstić information content (AvgIpc) is 2.52. The Hall–Kier alpha value is -1.30. The Bertz CT molecular complexity index is 502. The van der Waals surface area contributed by atoms with Crippen LogP contribution in [0.1, 0.15) is 19.8 Å². The molecule has 1 aromatic rings. The van der Waals surface area contributed by atoms with Crippen LogP contribution in [0.5, 0.6) is 0 Å². The van der Waals surface area contributed by atoms with Crippen LogP contribution in [0.3, 0.4) is 0 Å². The molecule has 0 radical (unpaired) electrons. The van der Waals surface area contributed by atoms with Gasteiger partial charge >= 0.3 is 0 Å². The van der Waals surface area contributed by atoms with Gasteiger partial charge in [-0.25, -0.2) is 4.48 Å². The van der Waals surface area contributed by atoms with Gasteiger partial charge in [0.25, 0.3) is 0 Å². The van der Waals surface area contributed by atoms with Gasteiger partial charge in [-0.2, -0.15) is 0 Å². The number of ether oxygens (including phenoxy) is 2. The predicted molar refractivity (Wildman–Crippen MR) is 86.0 cm³/mol. The van der Waals surface area contributed by atoms with Crippen molar-refractivity contribution in [2.45, 2.75) is 26.0 Å². The third-order valence-electron chi connectivity index (χ3n) is 4.93. The highest BCUT2D eigenvalue weighted by atomic mass is 16.6. The quantitative estimate of drug-likeness (QED) is 0.661. The molecule has 1 aromatic carbocycles. The van der Waals surface area contributed by atoms with Crippen LogP contribution in [0.15, 0.2) is 18.2 Å². The zero-order valence-electron chi connectivity index (χ0n) is 13.0. The fourth-order valence-corrected chi connectivity index (χ4v) is 2.97. The minimum atomic E-state index is 0.199. The second-order valence-electron chi connectivity index (χ2n) is 6.37. The van der Waals surface area contributed by atoms with Gasteiger partial charge in [0.15, 0.2) is 6.73 Å². The molecule has 5 nitrogen and oxygen atoms in total. The molecule has 0 bridgehead atoms. The fraction of sp³-hybridized carbons (Fsp3) is 0.625. The number of nitrogens with two attached hydrogens (primary N) is 1. The number of hydrogen-bond acceptors (Lipinski definition) is 4. The lowest BCUT2D eigenvalue weighted by Gasteiger charge is -2.46. The number of rotatable bonds is 4. The first-order valence-corrected chi connectivity index (χ1v) is 7.78. The highest BCUT2D eigenvalue weighted by Gasteiger charge is 2.42. The Balaban J connectivity index is 1.64.